The van der Waals surface area contributed by atoms with E-state index in [2.05, 4.69) is 10.3 Å². The molecular weight excluding hydrogens is 343 g/mol. The van der Waals surface area contributed by atoms with Gasteiger partial charge in [-0.1, -0.05) is 0 Å². The number of rotatable bonds is 4. The predicted molar refractivity (Wildman–Crippen MR) is 90.4 cm³/mol. The van der Waals surface area contributed by atoms with Crippen LogP contribution in [0.4, 0.5) is 14.9 Å². The molecule has 1 atom stereocenters. The second-order valence-corrected chi connectivity index (χ2v) is 5.66. The number of carbonyl (C=O) groups excluding carboxylic acids is 3. The molecule has 134 valence electrons. The molecule has 0 radical (unpaired) electrons. The molecule has 0 fully saturated rings. The molecule has 0 bridgehead atoms. The number of allylic oxidation sites excluding steroid dienone is 1. The van der Waals surface area contributed by atoms with Gasteiger partial charge in [-0.3, -0.25) is 9.59 Å². The Morgan fingerprint density at radius 2 is 2.04 bits per heavy atom. The second kappa shape index (κ2) is 6.87. The maximum Gasteiger partial charge on any atom is 0.446 e. The first-order chi connectivity index (χ1) is 12.4. The normalized spacial score (nSPS) is 19.3. The van der Waals surface area contributed by atoms with E-state index in [-0.39, 0.29) is 5.84 Å². The van der Waals surface area contributed by atoms with E-state index in [1.165, 1.54) is 55.3 Å². The molecule has 0 aromatic heterocycles. The minimum Gasteiger partial charge on any atom is -0.499 e. The van der Waals surface area contributed by atoms with Crippen LogP contribution in [-0.2, 0) is 14.3 Å². The number of benzene rings is 1. The number of carbonyl (C=O) groups is 3. The molecule has 0 saturated heterocycles. The number of aliphatic imine (C=N–C) groups is 1. The first-order valence-corrected chi connectivity index (χ1v) is 7.72. The van der Waals surface area contributed by atoms with E-state index >= 15 is 0 Å². The van der Waals surface area contributed by atoms with Crippen LogP contribution in [-0.4, -0.2) is 60.1 Å². The fourth-order valence-corrected chi connectivity index (χ4v) is 2.74. The van der Waals surface area contributed by atoms with Crippen molar-refractivity contribution >= 4 is 35.6 Å². The molecule has 0 saturated carbocycles. The molecule has 3 rings (SSSR count). The molecule has 26 heavy (non-hydrogen) atoms. The van der Waals surface area contributed by atoms with Crippen LogP contribution in [0.25, 0.3) is 0 Å². The van der Waals surface area contributed by atoms with E-state index < -0.39 is 36.1 Å². The van der Waals surface area contributed by atoms with Crippen molar-refractivity contribution in [2.45, 2.75) is 0 Å². The molecule has 1 unspecified atom stereocenters. The minimum absolute atomic E-state index is 0.245. The number of anilines is 1. The number of methoxy groups -OCH3 is 1. The van der Waals surface area contributed by atoms with E-state index in [4.69, 9.17) is 4.74 Å². The lowest BCUT2D eigenvalue weighted by molar-refractivity contribution is -0.408. The number of dihydropyridines is 1. The monoisotopic (exact) mass is 359 g/mol. The lowest BCUT2D eigenvalue weighted by atomic mass is 9.99. The number of fused-ring (bicyclic) bond motifs is 1. The third kappa shape index (κ3) is 3.10. The van der Waals surface area contributed by atoms with Crippen molar-refractivity contribution in [3.05, 3.63) is 41.9 Å². The van der Waals surface area contributed by atoms with E-state index in [9.17, 15) is 18.8 Å². The van der Waals surface area contributed by atoms with E-state index in [1.54, 1.807) is 0 Å². The minimum atomic E-state index is -0.883. The highest BCUT2D eigenvalue weighted by atomic mass is 19.1. The number of amides is 4. The molecule has 8 nitrogen and oxygen atoms in total. The third-order valence-electron chi connectivity index (χ3n) is 4.03. The van der Waals surface area contributed by atoms with Gasteiger partial charge in [-0.15, -0.1) is 4.99 Å². The zero-order chi connectivity index (χ0) is 18.8. The molecule has 0 spiro atoms. The SMILES string of the molecule is COC1=CC=NC2=[N+](C)C(=O)N(CC(=O)Nc3ccc(F)cc3)C(=O)C12. The molecule has 2 heterocycles. The van der Waals surface area contributed by atoms with Crippen LogP contribution >= 0.6 is 0 Å². The van der Waals surface area contributed by atoms with Crippen LogP contribution in [0, 0.1) is 11.7 Å². The first-order valence-electron chi connectivity index (χ1n) is 7.72. The molecule has 2 aliphatic rings. The maximum atomic E-state index is 12.9. The van der Waals surface area contributed by atoms with Crippen molar-refractivity contribution in [2.24, 2.45) is 10.9 Å². The summed E-state index contributed by atoms with van der Waals surface area (Å²) in [5, 5.41) is 2.52. The van der Waals surface area contributed by atoms with Gasteiger partial charge in [-0.05, 0) is 24.3 Å². The highest BCUT2D eigenvalue weighted by Crippen LogP contribution is 2.24. The number of hydrogen-bond acceptors (Lipinski definition) is 5. The number of amidine groups is 1. The van der Waals surface area contributed by atoms with Gasteiger partial charge in [0.05, 0.1) is 14.2 Å². The van der Waals surface area contributed by atoms with Gasteiger partial charge >= 0.3 is 11.9 Å². The number of hydrogen-bond donors (Lipinski definition) is 1. The molecular formula is C17H16FN4O4+. The van der Waals surface area contributed by atoms with Crippen LogP contribution in [0.1, 0.15) is 0 Å². The zero-order valence-corrected chi connectivity index (χ0v) is 14.1. The number of urea groups is 1. The van der Waals surface area contributed by atoms with Crippen molar-refractivity contribution in [1.29, 1.82) is 0 Å². The average molecular weight is 359 g/mol. The Morgan fingerprint density at radius 3 is 2.69 bits per heavy atom. The number of halogens is 1. The smallest absolute Gasteiger partial charge is 0.446 e. The summed E-state index contributed by atoms with van der Waals surface area (Å²) in [6, 6.07) is 4.49. The molecule has 2 aliphatic heterocycles. The van der Waals surface area contributed by atoms with Gasteiger partial charge < -0.3 is 10.1 Å². The summed E-state index contributed by atoms with van der Waals surface area (Å²) in [5.41, 5.74) is 0.355. The predicted octanol–water partition coefficient (Wildman–Crippen LogP) is 0.998. The average Bonchev–Trinajstić information content (AvgIpc) is 2.64. The van der Waals surface area contributed by atoms with Gasteiger partial charge in [-0.25, -0.2) is 9.18 Å². The summed E-state index contributed by atoms with van der Waals surface area (Å²) in [6.45, 7) is -0.482. The lowest BCUT2D eigenvalue weighted by Gasteiger charge is -2.27. The molecule has 9 heteroatoms. The number of ether oxygens (including phenoxy) is 1. The summed E-state index contributed by atoms with van der Waals surface area (Å²) in [5.74, 6) is -1.92. The van der Waals surface area contributed by atoms with Gasteiger partial charge in [0.15, 0.2) is 12.5 Å². The number of nitrogens with one attached hydrogen (secondary N) is 1. The van der Waals surface area contributed by atoms with E-state index in [0.717, 1.165) is 4.90 Å². The van der Waals surface area contributed by atoms with Crippen LogP contribution < -0.4 is 5.32 Å². The van der Waals surface area contributed by atoms with Gasteiger partial charge in [0, 0.05) is 11.8 Å². The highest BCUT2D eigenvalue weighted by Gasteiger charge is 2.49. The Labute approximate surface area is 148 Å². The first kappa shape index (κ1) is 17.5. The Kier molecular flexibility index (Phi) is 4.61. The molecule has 0 aliphatic carbocycles. The van der Waals surface area contributed by atoms with Crippen LogP contribution in [0.2, 0.25) is 0 Å². The van der Waals surface area contributed by atoms with Crippen molar-refractivity contribution in [3.8, 4) is 0 Å². The lowest BCUT2D eigenvalue weighted by Crippen LogP contribution is -2.56. The summed E-state index contributed by atoms with van der Waals surface area (Å²) in [6.07, 6.45) is 2.98. The van der Waals surface area contributed by atoms with E-state index in [1.807, 2.05) is 0 Å². The summed E-state index contributed by atoms with van der Waals surface area (Å²) in [4.78, 5) is 42.4. The van der Waals surface area contributed by atoms with Crippen LogP contribution in [0.5, 0.6) is 0 Å². The zero-order valence-electron chi connectivity index (χ0n) is 14.1. The van der Waals surface area contributed by atoms with Gasteiger partial charge in [0.1, 0.15) is 17.8 Å². The fourth-order valence-electron chi connectivity index (χ4n) is 2.74. The van der Waals surface area contributed by atoms with Crippen molar-refractivity contribution in [1.82, 2.24) is 4.90 Å². The van der Waals surface area contributed by atoms with Gasteiger partial charge in [-0.2, -0.15) is 9.48 Å². The summed E-state index contributed by atoms with van der Waals surface area (Å²) >= 11 is 0. The van der Waals surface area contributed by atoms with Crippen molar-refractivity contribution in [3.63, 3.8) is 0 Å². The largest absolute Gasteiger partial charge is 0.499 e. The number of imide groups is 1. The molecule has 1 aromatic carbocycles. The van der Waals surface area contributed by atoms with Gasteiger partial charge in [0.2, 0.25) is 0 Å². The quantitative estimate of drug-likeness (QED) is 0.812. The Hall–Kier alpha value is -3.36. The Balaban J connectivity index is 1.81. The maximum absolute atomic E-state index is 12.9. The summed E-state index contributed by atoms with van der Waals surface area (Å²) < 4.78 is 19.3. The Bertz CT molecular complexity index is 873. The van der Waals surface area contributed by atoms with Crippen molar-refractivity contribution in [2.75, 3.05) is 26.0 Å². The summed E-state index contributed by atoms with van der Waals surface area (Å²) in [7, 11) is 2.88. The Morgan fingerprint density at radius 1 is 1.35 bits per heavy atom. The van der Waals surface area contributed by atoms with Crippen LogP contribution in [0.15, 0.2) is 41.1 Å². The third-order valence-corrected chi connectivity index (χ3v) is 4.03. The molecule has 1 aromatic rings. The molecule has 1 N–H and O–H groups in total. The topological polar surface area (TPSA) is 91.1 Å². The van der Waals surface area contributed by atoms with Crippen LogP contribution in [0.3, 0.4) is 0 Å². The highest BCUT2D eigenvalue weighted by molar-refractivity contribution is 6.16. The van der Waals surface area contributed by atoms with Crippen molar-refractivity contribution < 1.29 is 28.1 Å². The number of nitrogens with zero attached hydrogens (tertiary/aromatic N) is 3. The second-order valence-electron chi connectivity index (χ2n) is 5.66. The molecule has 4 amide bonds. The van der Waals surface area contributed by atoms with Gasteiger partial charge in [0.25, 0.3) is 11.7 Å². The van der Waals surface area contributed by atoms with E-state index in [0.29, 0.717) is 11.4 Å². The standard InChI is InChI=1S/C17H15FN4O4/c1-21-15-14(12(26-2)7-8-19-15)16(24)22(17(21)25)9-13(23)20-11-5-3-10(18)4-6-11/h3-8,14H,9H2,1-2H3/p+1. The fraction of sp³-hybridized carbons (Fsp3) is 0.235.